The van der Waals surface area contributed by atoms with Gasteiger partial charge in [0.25, 0.3) is 0 Å². The van der Waals surface area contributed by atoms with Gasteiger partial charge in [-0.25, -0.2) is 4.39 Å². The number of benzene rings is 2. The maximum atomic E-state index is 13.2. The fourth-order valence-corrected chi connectivity index (χ4v) is 2.59. The number of hydrogen-bond acceptors (Lipinski definition) is 2. The summed E-state index contributed by atoms with van der Waals surface area (Å²) < 4.78 is 15.6. The van der Waals surface area contributed by atoms with Crippen LogP contribution in [-0.2, 0) is 0 Å². The largest absolute Gasteiger partial charge is 0.330 e. The van der Waals surface area contributed by atoms with Gasteiger partial charge in [0, 0.05) is 0 Å². The van der Waals surface area contributed by atoms with Crippen LogP contribution in [0.15, 0.2) is 36.4 Å². The van der Waals surface area contributed by atoms with E-state index in [9.17, 15) is 4.39 Å². The summed E-state index contributed by atoms with van der Waals surface area (Å²) in [6, 6.07) is 12.0. The molecule has 3 nitrogen and oxygen atoms in total. The average molecular weight is 283 g/mol. The van der Waals surface area contributed by atoms with Crippen molar-refractivity contribution in [2.45, 2.75) is 6.92 Å². The van der Waals surface area contributed by atoms with Crippen LogP contribution in [0.4, 0.5) is 4.39 Å². The SMILES string of the molecule is Cc1cc(F)ccc1-n1c(=S)[nH]c2ccc(C#N)cc21. The Bertz CT molecular complexity index is 915. The highest BCUT2D eigenvalue weighted by atomic mass is 32.1. The van der Waals surface area contributed by atoms with Gasteiger partial charge in [-0.1, -0.05) is 0 Å². The van der Waals surface area contributed by atoms with Crippen LogP contribution < -0.4 is 0 Å². The molecule has 0 saturated carbocycles. The van der Waals surface area contributed by atoms with Crippen molar-refractivity contribution in [3.63, 3.8) is 0 Å². The average Bonchev–Trinajstić information content (AvgIpc) is 2.74. The first-order chi connectivity index (χ1) is 9.60. The molecule has 1 heterocycles. The molecule has 3 rings (SSSR count). The number of aromatic amines is 1. The van der Waals surface area contributed by atoms with Crippen molar-refractivity contribution in [2.75, 3.05) is 0 Å². The molecular weight excluding hydrogens is 273 g/mol. The summed E-state index contributed by atoms with van der Waals surface area (Å²) >= 11 is 5.34. The molecule has 0 unspecified atom stereocenters. The summed E-state index contributed by atoms with van der Waals surface area (Å²) in [6.45, 7) is 1.83. The van der Waals surface area contributed by atoms with E-state index < -0.39 is 0 Å². The highest BCUT2D eigenvalue weighted by Gasteiger charge is 2.10. The van der Waals surface area contributed by atoms with Crippen molar-refractivity contribution >= 4 is 23.3 Å². The van der Waals surface area contributed by atoms with Gasteiger partial charge in [-0.15, -0.1) is 0 Å². The topological polar surface area (TPSA) is 44.5 Å². The van der Waals surface area contributed by atoms with Gasteiger partial charge in [0.1, 0.15) is 5.82 Å². The maximum Gasteiger partial charge on any atom is 0.182 e. The molecule has 0 saturated heterocycles. The molecule has 1 aromatic heterocycles. The number of halogens is 1. The third-order valence-corrected chi connectivity index (χ3v) is 3.50. The summed E-state index contributed by atoms with van der Waals surface area (Å²) in [4.78, 5) is 3.09. The van der Waals surface area contributed by atoms with Gasteiger partial charge in [0.05, 0.1) is 28.4 Å². The van der Waals surface area contributed by atoms with Gasteiger partial charge in [-0.3, -0.25) is 4.57 Å². The number of rotatable bonds is 1. The number of hydrogen-bond donors (Lipinski definition) is 1. The molecule has 2 aromatic carbocycles. The number of fused-ring (bicyclic) bond motifs is 1. The molecule has 20 heavy (non-hydrogen) atoms. The first-order valence-corrected chi connectivity index (χ1v) is 6.42. The van der Waals surface area contributed by atoms with Gasteiger partial charge >= 0.3 is 0 Å². The maximum absolute atomic E-state index is 13.2. The quantitative estimate of drug-likeness (QED) is 0.686. The van der Waals surface area contributed by atoms with Gasteiger partial charge < -0.3 is 4.98 Å². The Morgan fingerprint density at radius 1 is 1.25 bits per heavy atom. The number of H-pyrrole nitrogens is 1. The van der Waals surface area contributed by atoms with E-state index in [-0.39, 0.29) is 5.82 Å². The highest BCUT2D eigenvalue weighted by Crippen LogP contribution is 2.23. The number of nitrogens with zero attached hydrogens (tertiary/aromatic N) is 2. The van der Waals surface area contributed by atoms with E-state index in [0.717, 1.165) is 22.3 Å². The molecule has 0 aliphatic rings. The molecule has 5 heteroatoms. The highest BCUT2D eigenvalue weighted by molar-refractivity contribution is 7.71. The lowest BCUT2D eigenvalue weighted by Gasteiger charge is -2.08. The summed E-state index contributed by atoms with van der Waals surface area (Å²) in [5.74, 6) is -0.282. The molecular formula is C15H10FN3S. The zero-order valence-electron chi connectivity index (χ0n) is 10.6. The van der Waals surface area contributed by atoms with Gasteiger partial charge in [0.15, 0.2) is 4.77 Å². The second-order valence-corrected chi connectivity index (χ2v) is 4.93. The van der Waals surface area contributed by atoms with Crippen molar-refractivity contribution in [2.24, 2.45) is 0 Å². The summed E-state index contributed by atoms with van der Waals surface area (Å²) in [5.41, 5.74) is 3.79. The third-order valence-electron chi connectivity index (χ3n) is 3.21. The first-order valence-electron chi connectivity index (χ1n) is 6.01. The van der Waals surface area contributed by atoms with Gasteiger partial charge in [-0.05, 0) is 61.1 Å². The molecule has 3 aromatic rings. The lowest BCUT2D eigenvalue weighted by Crippen LogP contribution is -1.97. The minimum Gasteiger partial charge on any atom is -0.330 e. The fourth-order valence-electron chi connectivity index (χ4n) is 2.28. The molecule has 0 amide bonds. The van der Waals surface area contributed by atoms with Crippen LogP contribution in [0.2, 0.25) is 0 Å². The predicted octanol–water partition coefficient (Wildman–Crippen LogP) is 4.01. The molecule has 1 N–H and O–H groups in total. The molecule has 98 valence electrons. The third kappa shape index (κ3) is 1.91. The van der Waals surface area contributed by atoms with Crippen molar-refractivity contribution in [1.82, 2.24) is 9.55 Å². The Labute approximate surface area is 119 Å². The van der Waals surface area contributed by atoms with E-state index >= 15 is 0 Å². The van der Waals surface area contributed by atoms with Crippen LogP contribution in [0.5, 0.6) is 0 Å². The molecule has 0 aliphatic heterocycles. The molecule has 0 spiro atoms. The fraction of sp³-hybridized carbons (Fsp3) is 0.0667. The number of nitrogens with one attached hydrogen (secondary N) is 1. The van der Waals surface area contributed by atoms with Crippen LogP contribution in [0.1, 0.15) is 11.1 Å². The zero-order valence-corrected chi connectivity index (χ0v) is 11.5. The number of aryl methyl sites for hydroxylation is 1. The summed E-state index contributed by atoms with van der Waals surface area (Å²) in [6.07, 6.45) is 0. The zero-order chi connectivity index (χ0) is 14.3. The van der Waals surface area contributed by atoms with Gasteiger partial charge in [-0.2, -0.15) is 5.26 Å². The monoisotopic (exact) mass is 283 g/mol. The predicted molar refractivity (Wildman–Crippen MR) is 77.9 cm³/mol. The normalized spacial score (nSPS) is 10.7. The molecule has 0 aliphatic carbocycles. The van der Waals surface area contributed by atoms with E-state index in [1.165, 1.54) is 12.1 Å². The number of aromatic nitrogens is 2. The van der Waals surface area contributed by atoms with Crippen molar-refractivity contribution in [1.29, 1.82) is 5.26 Å². The van der Waals surface area contributed by atoms with E-state index in [1.54, 1.807) is 18.2 Å². The second kappa shape index (κ2) is 4.58. The van der Waals surface area contributed by atoms with E-state index in [2.05, 4.69) is 11.1 Å². The Morgan fingerprint density at radius 2 is 2.05 bits per heavy atom. The molecule has 0 fully saturated rings. The molecule has 0 atom stereocenters. The lowest BCUT2D eigenvalue weighted by molar-refractivity contribution is 0.626. The van der Waals surface area contributed by atoms with Crippen LogP contribution >= 0.6 is 12.2 Å². The summed E-state index contributed by atoms with van der Waals surface area (Å²) in [7, 11) is 0. The minimum absolute atomic E-state index is 0.282. The summed E-state index contributed by atoms with van der Waals surface area (Å²) in [5, 5.41) is 9.01. The standard InChI is InChI=1S/C15H10FN3S/c1-9-6-11(16)3-5-13(9)19-14-7-10(8-17)2-4-12(14)18-15(19)20/h2-7H,1H3,(H,18,20). The lowest BCUT2D eigenvalue weighted by atomic mass is 10.1. The Balaban J connectivity index is 2.38. The van der Waals surface area contributed by atoms with Crippen LogP contribution in [0.25, 0.3) is 16.7 Å². The van der Waals surface area contributed by atoms with E-state index in [1.807, 2.05) is 17.6 Å². The van der Waals surface area contributed by atoms with Crippen LogP contribution in [0, 0.1) is 28.8 Å². The Kier molecular flexibility index (Phi) is 2.88. The van der Waals surface area contributed by atoms with Crippen molar-refractivity contribution in [3.8, 4) is 11.8 Å². The number of nitriles is 1. The van der Waals surface area contributed by atoms with E-state index in [4.69, 9.17) is 17.5 Å². The second-order valence-electron chi connectivity index (χ2n) is 4.54. The number of imidazole rings is 1. The Hall–Kier alpha value is -2.45. The molecule has 0 radical (unpaired) electrons. The Morgan fingerprint density at radius 3 is 2.75 bits per heavy atom. The van der Waals surface area contributed by atoms with Crippen LogP contribution in [0.3, 0.4) is 0 Å². The van der Waals surface area contributed by atoms with Crippen LogP contribution in [-0.4, -0.2) is 9.55 Å². The first kappa shape index (κ1) is 12.6. The van der Waals surface area contributed by atoms with Crippen molar-refractivity contribution in [3.05, 3.63) is 58.1 Å². The van der Waals surface area contributed by atoms with Crippen molar-refractivity contribution < 1.29 is 4.39 Å². The smallest absolute Gasteiger partial charge is 0.182 e. The minimum atomic E-state index is -0.282. The molecule has 0 bridgehead atoms. The van der Waals surface area contributed by atoms with Gasteiger partial charge in [0.2, 0.25) is 0 Å². The van der Waals surface area contributed by atoms with E-state index in [0.29, 0.717) is 10.3 Å².